The Kier molecular flexibility index (Phi) is 7.55. The number of benzene rings is 2. The first-order chi connectivity index (χ1) is 14.9. The molecule has 0 amide bonds. The summed E-state index contributed by atoms with van der Waals surface area (Å²) in [7, 11) is 0. The molecule has 3 aliphatic rings. The minimum Gasteiger partial charge on any atom is -1.00 e. The molecule has 1 fully saturated rings. The minimum absolute atomic E-state index is 0. The van der Waals surface area contributed by atoms with E-state index in [9.17, 15) is 0 Å². The van der Waals surface area contributed by atoms with E-state index in [-0.39, 0.29) is 24.8 Å². The van der Waals surface area contributed by atoms with Crippen molar-refractivity contribution in [2.24, 2.45) is 0 Å². The molecule has 32 heavy (non-hydrogen) atoms. The van der Waals surface area contributed by atoms with Crippen molar-refractivity contribution in [2.75, 3.05) is 0 Å². The number of halogens is 2. The van der Waals surface area contributed by atoms with Crippen LogP contribution in [0.5, 0.6) is 0 Å². The maximum absolute atomic E-state index is 5.47. The van der Waals surface area contributed by atoms with Crippen molar-refractivity contribution in [1.82, 2.24) is 0 Å². The summed E-state index contributed by atoms with van der Waals surface area (Å²) in [5.74, 6) is 0. The zero-order valence-electron chi connectivity index (χ0n) is 18.0. The zero-order valence-corrected chi connectivity index (χ0v) is 22.0. The summed E-state index contributed by atoms with van der Waals surface area (Å²) in [4.78, 5) is 0. The van der Waals surface area contributed by atoms with Crippen molar-refractivity contribution in [3.8, 4) is 11.1 Å². The fourth-order valence-corrected chi connectivity index (χ4v) is 14.4. The van der Waals surface area contributed by atoms with Crippen LogP contribution < -0.4 is 28.1 Å². The molecule has 1 heterocycles. The van der Waals surface area contributed by atoms with Crippen molar-refractivity contribution in [2.45, 2.75) is 44.9 Å². The molecular weight excluding hydrogens is 514 g/mol. The van der Waals surface area contributed by atoms with Gasteiger partial charge in [0.25, 0.3) is 0 Å². The van der Waals surface area contributed by atoms with E-state index in [0.29, 0.717) is 0 Å². The van der Waals surface area contributed by atoms with Gasteiger partial charge in [0, 0.05) is 0 Å². The normalized spacial score (nSPS) is 16.0. The van der Waals surface area contributed by atoms with Crippen LogP contribution in [0.1, 0.15) is 55.2 Å². The first-order valence-electron chi connectivity index (χ1n) is 11.3. The average Bonchev–Trinajstić information content (AvgIpc) is 3.54. The van der Waals surface area contributed by atoms with Gasteiger partial charge < -0.3 is 24.8 Å². The average molecular weight is 541 g/mol. The first kappa shape index (κ1) is 23.7. The van der Waals surface area contributed by atoms with Gasteiger partial charge in [-0.25, -0.2) is 0 Å². The Labute approximate surface area is 210 Å². The Hall–Kier alpha value is -1.47. The Balaban J connectivity index is 0.00000122. The van der Waals surface area contributed by atoms with E-state index in [1.807, 2.05) is 15.7 Å². The molecule has 0 aliphatic heterocycles. The smallest absolute Gasteiger partial charge is 1.00 e. The van der Waals surface area contributed by atoms with Crippen LogP contribution in [-0.2, 0) is 27.7 Å². The van der Waals surface area contributed by atoms with Crippen LogP contribution in [0.25, 0.3) is 16.7 Å². The second-order valence-corrected chi connectivity index (χ2v) is 15.1. The molecule has 1 saturated carbocycles. The molecule has 6 rings (SSSR count). The topological polar surface area (TPSA) is 13.1 Å². The van der Waals surface area contributed by atoms with E-state index in [1.54, 1.807) is 12.1 Å². The monoisotopic (exact) mass is 538 g/mol. The number of hydrogen-bond acceptors (Lipinski definition) is 1. The third-order valence-corrected chi connectivity index (χ3v) is 15.1. The molecule has 0 N–H and O–H groups in total. The van der Waals surface area contributed by atoms with Gasteiger partial charge in [0.15, 0.2) is 0 Å². The number of hydrogen-bond donors (Lipinski definition) is 0. The summed E-state index contributed by atoms with van der Waals surface area (Å²) in [6, 6.07) is 18.4. The molecule has 0 saturated heterocycles. The standard InChI is InChI=1S/C13H9.C9H7O.C6H10.2ClH.Zr/c1-3-7-12-10(5-1)9-11-6-2-4-8-13(11)12;1-2-4-8(3-1)9-5-6-10-7-9;1-2-4-6-5-3-1;;;/h1-5,7-8H,9H2;1,3,5-7H,2H2;1-5H2;2*1H;/q;;;;;+2/p-2. The molecule has 3 aliphatic carbocycles. The van der Waals surface area contributed by atoms with Gasteiger partial charge in [0.2, 0.25) is 0 Å². The summed E-state index contributed by atoms with van der Waals surface area (Å²) >= 11 is -2.18. The van der Waals surface area contributed by atoms with E-state index in [2.05, 4.69) is 60.7 Å². The van der Waals surface area contributed by atoms with Crippen molar-refractivity contribution in [1.29, 1.82) is 0 Å². The van der Waals surface area contributed by atoms with Crippen LogP contribution in [0.3, 0.4) is 0 Å². The van der Waals surface area contributed by atoms with Crippen molar-refractivity contribution in [3.05, 3.63) is 93.2 Å². The third kappa shape index (κ3) is 4.11. The van der Waals surface area contributed by atoms with Crippen LogP contribution >= 0.6 is 0 Å². The minimum atomic E-state index is -2.18. The molecule has 3 aromatic rings. The zero-order chi connectivity index (χ0) is 19.9. The fraction of sp³-hybridized carbons (Fsp3) is 0.250. The molecule has 0 radical (unpaired) electrons. The molecule has 162 valence electrons. The van der Waals surface area contributed by atoms with Gasteiger partial charge in [0.05, 0.1) is 0 Å². The summed E-state index contributed by atoms with van der Waals surface area (Å²) in [5, 5.41) is 0. The number of rotatable bonds is 3. The summed E-state index contributed by atoms with van der Waals surface area (Å²) in [5.41, 5.74) is 8.82. The van der Waals surface area contributed by atoms with E-state index in [0.717, 1.165) is 12.8 Å². The van der Waals surface area contributed by atoms with Crippen molar-refractivity contribution >= 4 is 12.1 Å². The van der Waals surface area contributed by atoms with Crippen molar-refractivity contribution < 1.29 is 50.5 Å². The van der Waals surface area contributed by atoms with Gasteiger partial charge in [-0.3, -0.25) is 0 Å². The number of allylic oxidation sites excluding steroid dienone is 4. The Morgan fingerprint density at radius 3 is 2.44 bits per heavy atom. The molecular formula is C28H26Cl2OZr. The Morgan fingerprint density at radius 2 is 1.62 bits per heavy atom. The van der Waals surface area contributed by atoms with E-state index >= 15 is 0 Å². The number of fused-ring (bicyclic) bond motifs is 3. The summed E-state index contributed by atoms with van der Waals surface area (Å²) in [6.45, 7) is 0. The van der Waals surface area contributed by atoms with E-state index < -0.39 is 21.3 Å². The van der Waals surface area contributed by atoms with Gasteiger partial charge >= 0.3 is 187 Å². The van der Waals surface area contributed by atoms with Gasteiger partial charge in [-0.2, -0.15) is 0 Å². The Morgan fingerprint density at radius 1 is 0.812 bits per heavy atom. The molecule has 1 aromatic heterocycles. The Bertz CT molecular complexity index is 1210. The second-order valence-electron chi connectivity index (χ2n) is 8.72. The molecule has 0 unspecified atom stereocenters. The van der Waals surface area contributed by atoms with Crippen LogP contribution in [0.2, 0.25) is 0 Å². The largest absolute Gasteiger partial charge is 1.00 e. The molecule has 2 aromatic carbocycles. The van der Waals surface area contributed by atoms with E-state index in [4.69, 9.17) is 4.42 Å². The van der Waals surface area contributed by atoms with Crippen LogP contribution in [0.4, 0.5) is 0 Å². The molecule has 0 atom stereocenters. The maximum Gasteiger partial charge on any atom is -1.00 e. The SMILES string of the molecule is C1=CC(c2ccoc2)=[C]([Zr+2](=[C]2CCCCC2)[c]2cccc3c2Cc2ccccc2-3)C1.[Cl-].[Cl-]. The summed E-state index contributed by atoms with van der Waals surface area (Å²) in [6.07, 6.45) is 17.6. The third-order valence-electron chi connectivity index (χ3n) is 7.00. The van der Waals surface area contributed by atoms with E-state index in [1.165, 1.54) is 59.9 Å². The van der Waals surface area contributed by atoms with Crippen LogP contribution in [-0.4, -0.2) is 3.21 Å². The van der Waals surface area contributed by atoms with Crippen LogP contribution in [0, 0.1) is 0 Å². The predicted molar refractivity (Wildman–Crippen MR) is 122 cm³/mol. The quantitative estimate of drug-likeness (QED) is 0.371. The predicted octanol–water partition coefficient (Wildman–Crippen LogP) is 0.610. The molecule has 0 bridgehead atoms. The maximum atomic E-state index is 5.47. The second kappa shape index (κ2) is 10.2. The van der Waals surface area contributed by atoms with Gasteiger partial charge in [-0.05, 0) is 0 Å². The summed E-state index contributed by atoms with van der Waals surface area (Å²) < 4.78 is 10.9. The van der Waals surface area contributed by atoms with Gasteiger partial charge in [-0.1, -0.05) is 0 Å². The van der Waals surface area contributed by atoms with Gasteiger partial charge in [-0.15, -0.1) is 0 Å². The molecule has 4 heteroatoms. The molecule has 1 nitrogen and oxygen atoms in total. The van der Waals surface area contributed by atoms with Gasteiger partial charge in [0.1, 0.15) is 0 Å². The molecule has 0 spiro atoms. The first-order valence-corrected chi connectivity index (χ1v) is 14.9. The van der Waals surface area contributed by atoms with Crippen molar-refractivity contribution in [3.63, 3.8) is 0 Å². The number of furan rings is 1. The van der Waals surface area contributed by atoms with Crippen LogP contribution in [0.15, 0.2) is 80.9 Å². The fourth-order valence-electron chi connectivity index (χ4n) is 5.62.